The van der Waals surface area contributed by atoms with E-state index in [-0.39, 0.29) is 0 Å². The predicted molar refractivity (Wildman–Crippen MR) is 66.0 cm³/mol. The van der Waals surface area contributed by atoms with Gasteiger partial charge in [0.1, 0.15) is 0 Å². The lowest BCUT2D eigenvalue weighted by atomic mass is 9.70. The van der Waals surface area contributed by atoms with Crippen LogP contribution < -0.4 is 11.1 Å². The van der Waals surface area contributed by atoms with E-state index in [2.05, 4.69) is 24.4 Å². The lowest BCUT2D eigenvalue weighted by Crippen LogP contribution is -2.33. The molecule has 2 rings (SSSR count). The van der Waals surface area contributed by atoms with Crippen molar-refractivity contribution in [1.29, 1.82) is 0 Å². The van der Waals surface area contributed by atoms with Gasteiger partial charge in [0.2, 0.25) is 0 Å². The van der Waals surface area contributed by atoms with Gasteiger partial charge in [0.15, 0.2) is 0 Å². The summed E-state index contributed by atoms with van der Waals surface area (Å²) in [5.74, 6) is 0. The molecule has 0 spiro atoms. The fraction of sp³-hybridized carbons (Fsp3) is 0.538. The molecule has 0 aromatic heterocycles. The van der Waals surface area contributed by atoms with Crippen molar-refractivity contribution in [1.82, 2.24) is 0 Å². The lowest BCUT2D eigenvalue weighted by molar-refractivity contribution is 0.180. The van der Waals surface area contributed by atoms with E-state index in [0.29, 0.717) is 5.41 Å². The molecule has 1 fully saturated rings. The molecule has 0 unspecified atom stereocenters. The summed E-state index contributed by atoms with van der Waals surface area (Å²) < 4.78 is 0. The third-order valence-corrected chi connectivity index (χ3v) is 3.59. The summed E-state index contributed by atoms with van der Waals surface area (Å²) in [4.78, 5) is 0. The Morgan fingerprint density at radius 3 is 2.73 bits per heavy atom. The Morgan fingerprint density at radius 2 is 2.13 bits per heavy atom. The van der Waals surface area contributed by atoms with Gasteiger partial charge in [0.25, 0.3) is 0 Å². The van der Waals surface area contributed by atoms with Gasteiger partial charge in [-0.3, -0.25) is 0 Å². The van der Waals surface area contributed by atoms with Crippen molar-refractivity contribution in [3.63, 3.8) is 0 Å². The number of nitrogens with one attached hydrogen (secondary N) is 1. The quantitative estimate of drug-likeness (QED) is 0.742. The topological polar surface area (TPSA) is 38.0 Å². The molecule has 1 aromatic carbocycles. The number of anilines is 2. The maximum Gasteiger partial charge on any atom is 0.0579 e. The molecule has 0 bridgehead atoms. The van der Waals surface area contributed by atoms with Gasteiger partial charge in [-0.25, -0.2) is 0 Å². The Bertz CT molecular complexity index is 354. The molecule has 1 saturated carbocycles. The van der Waals surface area contributed by atoms with E-state index in [1.807, 2.05) is 13.0 Å². The van der Waals surface area contributed by atoms with Gasteiger partial charge in [0, 0.05) is 6.54 Å². The fourth-order valence-corrected chi connectivity index (χ4v) is 2.10. The average Bonchev–Trinajstić information content (AvgIpc) is 2.17. The van der Waals surface area contributed by atoms with Crippen molar-refractivity contribution < 1.29 is 0 Å². The first kappa shape index (κ1) is 10.3. The first-order chi connectivity index (χ1) is 7.11. The maximum absolute atomic E-state index is 6.01. The molecule has 1 aromatic rings. The van der Waals surface area contributed by atoms with Crippen LogP contribution in [0.5, 0.6) is 0 Å². The smallest absolute Gasteiger partial charge is 0.0579 e. The van der Waals surface area contributed by atoms with Crippen LogP contribution in [0.25, 0.3) is 0 Å². The van der Waals surface area contributed by atoms with E-state index >= 15 is 0 Å². The van der Waals surface area contributed by atoms with Crippen LogP contribution in [0.4, 0.5) is 11.4 Å². The Kier molecular flexibility index (Phi) is 2.59. The summed E-state index contributed by atoms with van der Waals surface area (Å²) in [6, 6.07) is 6.16. The highest BCUT2D eigenvalue weighted by atomic mass is 14.9. The average molecular weight is 204 g/mol. The Balaban J connectivity index is 2.01. The SMILES string of the molecule is Cc1cccc(NCC2(C)CCC2)c1N. The normalized spacial score (nSPS) is 18.3. The maximum atomic E-state index is 6.01. The molecular weight excluding hydrogens is 184 g/mol. The van der Waals surface area contributed by atoms with Crippen LogP contribution in [0.1, 0.15) is 31.7 Å². The van der Waals surface area contributed by atoms with E-state index in [9.17, 15) is 0 Å². The molecular formula is C13H20N2. The Morgan fingerprint density at radius 1 is 1.40 bits per heavy atom. The summed E-state index contributed by atoms with van der Waals surface area (Å²) in [7, 11) is 0. The van der Waals surface area contributed by atoms with Gasteiger partial charge >= 0.3 is 0 Å². The Labute approximate surface area is 91.9 Å². The largest absolute Gasteiger partial charge is 0.397 e. The van der Waals surface area contributed by atoms with Gasteiger partial charge in [0.05, 0.1) is 11.4 Å². The number of aryl methyl sites for hydroxylation is 1. The summed E-state index contributed by atoms with van der Waals surface area (Å²) in [5, 5.41) is 3.47. The van der Waals surface area contributed by atoms with Crippen LogP contribution >= 0.6 is 0 Å². The summed E-state index contributed by atoms with van der Waals surface area (Å²) in [6.07, 6.45) is 4.05. The van der Waals surface area contributed by atoms with Crippen LogP contribution in [0.3, 0.4) is 0 Å². The Hall–Kier alpha value is -1.18. The molecule has 2 nitrogen and oxygen atoms in total. The molecule has 0 radical (unpaired) electrons. The molecule has 1 aliphatic rings. The van der Waals surface area contributed by atoms with E-state index in [1.54, 1.807) is 0 Å². The van der Waals surface area contributed by atoms with Crippen LogP contribution in [0.15, 0.2) is 18.2 Å². The zero-order valence-electron chi connectivity index (χ0n) is 9.64. The summed E-state index contributed by atoms with van der Waals surface area (Å²) in [5.41, 5.74) is 9.63. The molecule has 3 N–H and O–H groups in total. The fourth-order valence-electron chi connectivity index (χ4n) is 2.10. The standard InChI is InChI=1S/C13H20N2/c1-10-5-3-6-11(12(10)14)15-9-13(2)7-4-8-13/h3,5-6,15H,4,7-9,14H2,1-2H3. The number of benzene rings is 1. The highest BCUT2D eigenvalue weighted by Crippen LogP contribution is 2.40. The molecule has 0 heterocycles. The van der Waals surface area contributed by atoms with E-state index in [0.717, 1.165) is 23.5 Å². The minimum atomic E-state index is 0.496. The first-order valence-electron chi connectivity index (χ1n) is 5.70. The highest BCUT2D eigenvalue weighted by Gasteiger charge is 2.31. The molecule has 0 saturated heterocycles. The van der Waals surface area contributed by atoms with Crippen molar-refractivity contribution in [2.24, 2.45) is 5.41 Å². The molecule has 2 heteroatoms. The molecule has 15 heavy (non-hydrogen) atoms. The lowest BCUT2D eigenvalue weighted by Gasteiger charge is -2.38. The highest BCUT2D eigenvalue weighted by molar-refractivity contribution is 5.69. The minimum Gasteiger partial charge on any atom is -0.397 e. The van der Waals surface area contributed by atoms with E-state index < -0.39 is 0 Å². The van der Waals surface area contributed by atoms with E-state index in [4.69, 9.17) is 5.73 Å². The minimum absolute atomic E-state index is 0.496. The predicted octanol–water partition coefficient (Wildman–Crippen LogP) is 3.18. The number of rotatable bonds is 3. The van der Waals surface area contributed by atoms with Crippen LogP contribution in [-0.4, -0.2) is 6.54 Å². The van der Waals surface area contributed by atoms with Gasteiger partial charge in [-0.2, -0.15) is 0 Å². The second-order valence-corrected chi connectivity index (χ2v) is 5.05. The first-order valence-corrected chi connectivity index (χ1v) is 5.70. The third-order valence-electron chi connectivity index (χ3n) is 3.59. The molecule has 82 valence electrons. The number of nitrogens with two attached hydrogens (primary N) is 1. The second-order valence-electron chi connectivity index (χ2n) is 5.05. The zero-order chi connectivity index (χ0) is 10.9. The zero-order valence-corrected chi connectivity index (χ0v) is 9.64. The van der Waals surface area contributed by atoms with Crippen molar-refractivity contribution >= 4 is 11.4 Å². The third kappa shape index (κ3) is 2.09. The summed E-state index contributed by atoms with van der Waals surface area (Å²) >= 11 is 0. The van der Waals surface area contributed by atoms with Crippen molar-refractivity contribution in [2.75, 3.05) is 17.6 Å². The van der Waals surface area contributed by atoms with Gasteiger partial charge in [-0.05, 0) is 36.8 Å². The number of nitrogen functional groups attached to an aromatic ring is 1. The molecule has 0 aliphatic heterocycles. The number of para-hydroxylation sites is 1. The second kappa shape index (κ2) is 3.76. The van der Waals surface area contributed by atoms with Crippen molar-refractivity contribution in [3.8, 4) is 0 Å². The van der Waals surface area contributed by atoms with Crippen molar-refractivity contribution in [3.05, 3.63) is 23.8 Å². The summed E-state index contributed by atoms with van der Waals surface area (Å²) in [6.45, 7) is 5.43. The number of hydrogen-bond donors (Lipinski definition) is 2. The molecule has 0 amide bonds. The van der Waals surface area contributed by atoms with Crippen LogP contribution in [0.2, 0.25) is 0 Å². The van der Waals surface area contributed by atoms with Gasteiger partial charge in [-0.15, -0.1) is 0 Å². The molecule has 1 aliphatic carbocycles. The monoisotopic (exact) mass is 204 g/mol. The van der Waals surface area contributed by atoms with Crippen molar-refractivity contribution in [2.45, 2.75) is 33.1 Å². The molecule has 0 atom stereocenters. The number of hydrogen-bond acceptors (Lipinski definition) is 2. The van der Waals surface area contributed by atoms with Gasteiger partial charge in [-0.1, -0.05) is 25.5 Å². The van der Waals surface area contributed by atoms with E-state index in [1.165, 1.54) is 19.3 Å². The van der Waals surface area contributed by atoms with Crippen LogP contribution in [0, 0.1) is 12.3 Å². The van der Waals surface area contributed by atoms with Gasteiger partial charge < -0.3 is 11.1 Å². The van der Waals surface area contributed by atoms with Crippen LogP contribution in [-0.2, 0) is 0 Å².